The number of hydrogen-bond donors (Lipinski definition) is 4. The van der Waals surface area contributed by atoms with E-state index >= 15 is 0 Å². The Morgan fingerprint density at radius 1 is 1.22 bits per heavy atom. The maximum absolute atomic E-state index is 13.1. The van der Waals surface area contributed by atoms with Gasteiger partial charge in [-0.25, -0.2) is 0 Å². The summed E-state index contributed by atoms with van der Waals surface area (Å²) in [5.74, 6) is -1.42. The fourth-order valence-corrected chi connectivity index (χ4v) is 3.48. The Morgan fingerprint density at radius 3 is 2.33 bits per heavy atom. The third-order valence-electron chi connectivity index (χ3n) is 4.86. The average Bonchev–Trinajstić information content (AvgIpc) is 2.55. The number of nitrogens with one attached hydrogen (secondary N) is 1. The first-order chi connectivity index (χ1) is 12.6. The average molecular weight is 385 g/mol. The number of hydrogen-bond acceptors (Lipinski definition) is 4. The van der Waals surface area contributed by atoms with Crippen molar-refractivity contribution in [2.75, 3.05) is 19.6 Å². The number of carbonyl (C=O) groups is 3. The van der Waals surface area contributed by atoms with Crippen molar-refractivity contribution in [3.8, 4) is 0 Å². The highest BCUT2D eigenvalue weighted by atomic mass is 16.4. The molecule has 6 N–H and O–H groups in total. The van der Waals surface area contributed by atoms with E-state index in [9.17, 15) is 19.5 Å². The molecule has 0 bridgehead atoms. The second-order valence-electron chi connectivity index (χ2n) is 7.57. The standard InChI is InChI=1S/C18H33N5O4/c1-11(2)16(26)13(6-5-7-21-18(19)20)23-9-8-22(12(3)4)14(17(23)27)10-15(24)25/h11-14H,5-10H2,1-4H3,(H,24,25)(H4,19,20,21)/p+1/t13-,14-/m0/s1. The quantitative estimate of drug-likeness (QED) is 0.196. The molecule has 9 heteroatoms. The highest BCUT2D eigenvalue weighted by molar-refractivity contribution is 5.93. The number of carboxylic acids is 1. The first-order valence-electron chi connectivity index (χ1n) is 9.49. The third-order valence-corrected chi connectivity index (χ3v) is 4.86. The molecule has 0 radical (unpaired) electrons. The number of aliphatic carboxylic acids is 1. The molecule has 1 aliphatic rings. The summed E-state index contributed by atoms with van der Waals surface area (Å²) in [6.45, 7) is 8.95. The number of amides is 1. The van der Waals surface area contributed by atoms with Crippen molar-refractivity contribution in [3.05, 3.63) is 0 Å². The molecule has 0 spiro atoms. The molecule has 1 saturated heterocycles. The zero-order chi connectivity index (χ0) is 20.7. The molecule has 1 fully saturated rings. The Bertz CT molecular complexity index is 572. The number of guanidine groups is 1. The van der Waals surface area contributed by atoms with Gasteiger partial charge in [-0.3, -0.25) is 35.7 Å². The van der Waals surface area contributed by atoms with E-state index in [0.29, 0.717) is 32.5 Å². The van der Waals surface area contributed by atoms with Gasteiger partial charge in [-0.2, -0.15) is 0 Å². The molecule has 1 heterocycles. The van der Waals surface area contributed by atoms with Crippen LogP contribution in [0.3, 0.4) is 0 Å². The summed E-state index contributed by atoms with van der Waals surface area (Å²) in [5, 5.41) is 9.23. The van der Waals surface area contributed by atoms with Crippen molar-refractivity contribution in [2.24, 2.45) is 17.4 Å². The summed E-state index contributed by atoms with van der Waals surface area (Å²) in [6.07, 6.45) is 0.823. The molecule has 0 aromatic rings. The van der Waals surface area contributed by atoms with E-state index in [0.717, 1.165) is 0 Å². The molecule has 0 aromatic carbocycles. The summed E-state index contributed by atoms with van der Waals surface area (Å²) >= 11 is 0. The minimum absolute atomic E-state index is 0.0138. The summed E-state index contributed by atoms with van der Waals surface area (Å²) < 4.78 is 0. The van der Waals surface area contributed by atoms with Gasteiger partial charge in [-0.05, 0) is 26.7 Å². The van der Waals surface area contributed by atoms with Crippen LogP contribution >= 0.6 is 0 Å². The molecule has 1 rings (SSSR count). The van der Waals surface area contributed by atoms with Crippen LogP contribution < -0.4 is 16.5 Å². The number of nitrogens with two attached hydrogens (primary N) is 2. The molecule has 1 amide bonds. The van der Waals surface area contributed by atoms with Crippen molar-refractivity contribution >= 4 is 23.6 Å². The van der Waals surface area contributed by atoms with Crippen molar-refractivity contribution < 1.29 is 24.5 Å². The van der Waals surface area contributed by atoms with Gasteiger partial charge in [0.05, 0.1) is 19.0 Å². The molecule has 1 aliphatic heterocycles. The van der Waals surface area contributed by atoms with E-state index in [1.165, 1.54) is 0 Å². The predicted octanol–water partition coefficient (Wildman–Crippen LogP) is -1.89. The summed E-state index contributed by atoms with van der Waals surface area (Å²) in [6, 6.07) is -1.26. The van der Waals surface area contributed by atoms with E-state index in [4.69, 9.17) is 11.5 Å². The molecule has 154 valence electrons. The van der Waals surface area contributed by atoms with E-state index in [2.05, 4.69) is 4.99 Å². The summed E-state index contributed by atoms with van der Waals surface area (Å²) in [7, 11) is 0. The first kappa shape index (κ1) is 22.9. The predicted molar refractivity (Wildman–Crippen MR) is 102 cm³/mol. The molecular weight excluding hydrogens is 350 g/mol. The Hall–Kier alpha value is -2.16. The monoisotopic (exact) mass is 384 g/mol. The van der Waals surface area contributed by atoms with Crippen LogP contribution in [-0.4, -0.2) is 76.3 Å². The molecule has 0 unspecified atom stereocenters. The lowest BCUT2D eigenvalue weighted by atomic mass is 9.94. The lowest BCUT2D eigenvalue weighted by Crippen LogP contribution is -2.78. The number of Topliss-reactive ketones (excluding diaryl/α,β-unsaturated/α-hetero) is 1. The van der Waals surface area contributed by atoms with Crippen molar-refractivity contribution in [2.45, 2.75) is 65.1 Å². The number of piperazine rings is 1. The minimum atomic E-state index is -1.02. The minimum Gasteiger partial charge on any atom is -0.481 e. The molecular formula is C18H34N5O4+. The first-order valence-corrected chi connectivity index (χ1v) is 9.49. The smallest absolute Gasteiger partial charge is 0.338 e. The number of ketones is 1. The Balaban J connectivity index is 3.02. The van der Waals surface area contributed by atoms with Gasteiger partial charge in [-0.1, -0.05) is 13.8 Å². The Labute approximate surface area is 160 Å². The van der Waals surface area contributed by atoms with Crippen LogP contribution in [0.5, 0.6) is 0 Å². The van der Waals surface area contributed by atoms with Crippen LogP contribution in [0, 0.1) is 5.92 Å². The topological polar surface area (TPSA) is 144 Å². The van der Waals surface area contributed by atoms with Gasteiger partial charge in [0, 0.05) is 25.0 Å². The largest absolute Gasteiger partial charge is 0.481 e. The van der Waals surface area contributed by atoms with Crippen LogP contribution in [0.2, 0.25) is 0 Å². The van der Waals surface area contributed by atoms with Gasteiger partial charge in [-0.15, -0.1) is 0 Å². The SMILES string of the molecule is CC(C)C(=O)[C@H](CCC[NH+]=C(N)N)N1CCN(C(C)C)[C@@H](CC(=O)O)C1=O. The lowest BCUT2D eigenvalue weighted by molar-refractivity contribution is -0.459. The van der Waals surface area contributed by atoms with E-state index < -0.39 is 18.1 Å². The molecule has 0 aromatic heterocycles. The van der Waals surface area contributed by atoms with Crippen LogP contribution in [-0.2, 0) is 14.4 Å². The molecule has 0 saturated carbocycles. The molecule has 2 atom stereocenters. The molecule has 9 nitrogen and oxygen atoms in total. The van der Waals surface area contributed by atoms with Crippen LogP contribution in [0.4, 0.5) is 0 Å². The van der Waals surface area contributed by atoms with Gasteiger partial charge >= 0.3 is 11.9 Å². The van der Waals surface area contributed by atoms with Crippen molar-refractivity contribution in [1.29, 1.82) is 0 Å². The van der Waals surface area contributed by atoms with Gasteiger partial charge < -0.3 is 10.0 Å². The lowest BCUT2D eigenvalue weighted by Gasteiger charge is -2.45. The maximum atomic E-state index is 13.1. The van der Waals surface area contributed by atoms with Gasteiger partial charge in [0.2, 0.25) is 5.91 Å². The van der Waals surface area contributed by atoms with Crippen LogP contribution in [0.15, 0.2) is 0 Å². The van der Waals surface area contributed by atoms with E-state index in [-0.39, 0.29) is 36.0 Å². The highest BCUT2D eigenvalue weighted by Crippen LogP contribution is 2.23. The van der Waals surface area contributed by atoms with Gasteiger partial charge in [0.15, 0.2) is 5.78 Å². The van der Waals surface area contributed by atoms with E-state index in [1.807, 2.05) is 32.6 Å². The van der Waals surface area contributed by atoms with Crippen LogP contribution in [0.25, 0.3) is 0 Å². The number of carbonyl (C=O) groups excluding carboxylic acids is 2. The second-order valence-corrected chi connectivity index (χ2v) is 7.57. The number of carboxylic acid groups (broad SMARTS) is 1. The summed E-state index contributed by atoms with van der Waals surface area (Å²) in [5.41, 5.74) is 10.8. The van der Waals surface area contributed by atoms with Gasteiger partial charge in [0.25, 0.3) is 0 Å². The number of rotatable bonds is 10. The molecule has 27 heavy (non-hydrogen) atoms. The van der Waals surface area contributed by atoms with Crippen molar-refractivity contribution in [1.82, 2.24) is 9.80 Å². The fourth-order valence-electron chi connectivity index (χ4n) is 3.48. The molecule has 0 aliphatic carbocycles. The maximum Gasteiger partial charge on any atom is 0.338 e. The zero-order valence-electron chi connectivity index (χ0n) is 16.8. The zero-order valence-corrected chi connectivity index (χ0v) is 16.8. The number of nitrogens with zero attached hydrogens (tertiary/aromatic N) is 2. The normalized spacial score (nSPS) is 19.4. The Morgan fingerprint density at radius 2 is 1.85 bits per heavy atom. The van der Waals surface area contributed by atoms with Gasteiger partial charge in [0.1, 0.15) is 6.04 Å². The van der Waals surface area contributed by atoms with E-state index in [1.54, 1.807) is 4.90 Å². The third kappa shape index (κ3) is 6.50. The Kier molecular flexibility index (Phi) is 8.68. The van der Waals surface area contributed by atoms with Crippen molar-refractivity contribution in [3.63, 3.8) is 0 Å². The van der Waals surface area contributed by atoms with Crippen LogP contribution in [0.1, 0.15) is 47.0 Å². The summed E-state index contributed by atoms with van der Waals surface area (Å²) in [4.78, 5) is 43.4. The highest BCUT2D eigenvalue weighted by Gasteiger charge is 2.41. The fraction of sp³-hybridized carbons (Fsp3) is 0.778. The second kappa shape index (κ2) is 10.2.